The zero-order valence-corrected chi connectivity index (χ0v) is 14.2. The van der Waals surface area contributed by atoms with E-state index in [4.69, 9.17) is 11.6 Å². The Hall–Kier alpha value is -0.580. The Bertz CT molecular complexity index is 543. The molecule has 0 radical (unpaired) electrons. The number of aryl methyl sites for hydroxylation is 2. The second kappa shape index (κ2) is 6.92. The van der Waals surface area contributed by atoms with E-state index in [0.29, 0.717) is 17.3 Å². The zero-order chi connectivity index (χ0) is 15.4. The summed E-state index contributed by atoms with van der Waals surface area (Å²) >= 11 is 6.02. The highest BCUT2D eigenvalue weighted by Gasteiger charge is 2.28. The van der Waals surface area contributed by atoms with E-state index >= 15 is 0 Å². The molecule has 0 fully saturated rings. The minimum absolute atomic E-state index is 0.173. The third-order valence-corrected chi connectivity index (χ3v) is 6.17. The molecular formula is C15H24ClNO2S. The molecule has 0 amide bonds. The first kappa shape index (κ1) is 17.5. The maximum Gasteiger partial charge on any atom is 0.240 e. The zero-order valence-electron chi connectivity index (χ0n) is 12.7. The fourth-order valence-electron chi connectivity index (χ4n) is 2.16. The monoisotopic (exact) mass is 317 g/mol. The normalized spacial score (nSPS) is 12.7. The lowest BCUT2D eigenvalue weighted by molar-refractivity contribution is 0.304. The molecule has 0 saturated heterocycles. The molecule has 0 bridgehead atoms. The van der Waals surface area contributed by atoms with Crippen molar-refractivity contribution >= 4 is 21.6 Å². The molecule has 0 aliphatic heterocycles. The van der Waals surface area contributed by atoms with Gasteiger partial charge in [-0.05, 0) is 43.7 Å². The predicted molar refractivity (Wildman–Crippen MR) is 84.8 cm³/mol. The molecule has 0 aliphatic carbocycles. The van der Waals surface area contributed by atoms with Gasteiger partial charge in [-0.3, -0.25) is 0 Å². The quantitative estimate of drug-likeness (QED) is 0.781. The van der Waals surface area contributed by atoms with E-state index in [1.54, 1.807) is 6.07 Å². The van der Waals surface area contributed by atoms with Crippen molar-refractivity contribution in [3.05, 3.63) is 29.3 Å². The first-order valence-corrected chi connectivity index (χ1v) is 8.95. The van der Waals surface area contributed by atoms with Gasteiger partial charge in [0.25, 0.3) is 0 Å². The van der Waals surface area contributed by atoms with Crippen LogP contribution in [0.4, 0.5) is 0 Å². The maximum atomic E-state index is 12.4. The van der Waals surface area contributed by atoms with E-state index in [2.05, 4.69) is 4.72 Å². The Morgan fingerprint density at radius 2 is 1.80 bits per heavy atom. The van der Waals surface area contributed by atoms with Crippen LogP contribution in [0.25, 0.3) is 0 Å². The Labute approximate surface area is 127 Å². The molecule has 1 N–H and O–H groups in total. The molecule has 0 saturated carbocycles. The summed E-state index contributed by atoms with van der Waals surface area (Å²) in [5.74, 6) is 0.454. The summed E-state index contributed by atoms with van der Waals surface area (Å²) in [5, 5.41) is 0. The number of alkyl halides is 1. The predicted octanol–water partition coefficient (Wildman–Crippen LogP) is 3.63. The van der Waals surface area contributed by atoms with E-state index in [1.165, 1.54) is 0 Å². The molecule has 0 spiro atoms. The van der Waals surface area contributed by atoms with Crippen molar-refractivity contribution in [2.75, 3.05) is 12.4 Å². The molecule has 0 aliphatic rings. The minimum atomic E-state index is -3.48. The van der Waals surface area contributed by atoms with Crippen molar-refractivity contribution < 1.29 is 8.42 Å². The van der Waals surface area contributed by atoms with E-state index in [-0.39, 0.29) is 5.41 Å². The molecule has 1 rings (SSSR count). The van der Waals surface area contributed by atoms with Gasteiger partial charge in [0, 0.05) is 12.4 Å². The lowest BCUT2D eigenvalue weighted by atomic mass is 9.85. The lowest BCUT2D eigenvalue weighted by Gasteiger charge is -2.29. The van der Waals surface area contributed by atoms with Gasteiger partial charge in [0.1, 0.15) is 0 Å². The molecule has 0 aromatic heterocycles. The number of sulfonamides is 1. The topological polar surface area (TPSA) is 46.2 Å². The van der Waals surface area contributed by atoms with Gasteiger partial charge in [-0.15, -0.1) is 11.6 Å². The van der Waals surface area contributed by atoms with Crippen LogP contribution in [0, 0.1) is 19.3 Å². The molecule has 1 aromatic carbocycles. The van der Waals surface area contributed by atoms with Gasteiger partial charge < -0.3 is 0 Å². The van der Waals surface area contributed by atoms with Gasteiger partial charge >= 0.3 is 0 Å². The van der Waals surface area contributed by atoms with Crippen molar-refractivity contribution in [3.63, 3.8) is 0 Å². The first-order chi connectivity index (χ1) is 9.30. The van der Waals surface area contributed by atoms with Crippen LogP contribution in [-0.2, 0) is 10.0 Å². The molecule has 20 heavy (non-hydrogen) atoms. The Balaban J connectivity index is 2.96. The second-order valence-corrected chi connectivity index (χ2v) is 7.44. The molecule has 114 valence electrons. The summed E-state index contributed by atoms with van der Waals surface area (Å²) in [6, 6.07) is 5.35. The largest absolute Gasteiger partial charge is 0.240 e. The second-order valence-electron chi connectivity index (χ2n) is 5.43. The summed E-state index contributed by atoms with van der Waals surface area (Å²) in [7, 11) is -3.48. The van der Waals surface area contributed by atoms with E-state index < -0.39 is 10.0 Å². The third kappa shape index (κ3) is 3.96. The van der Waals surface area contributed by atoms with Crippen LogP contribution in [0.3, 0.4) is 0 Å². The van der Waals surface area contributed by atoms with Crippen molar-refractivity contribution in [1.29, 1.82) is 0 Å². The van der Waals surface area contributed by atoms with Gasteiger partial charge in [-0.25, -0.2) is 13.1 Å². The van der Waals surface area contributed by atoms with Crippen LogP contribution < -0.4 is 4.72 Å². The molecule has 3 nitrogen and oxygen atoms in total. The van der Waals surface area contributed by atoms with Gasteiger partial charge in [-0.2, -0.15) is 0 Å². The van der Waals surface area contributed by atoms with Crippen LogP contribution in [0.15, 0.2) is 23.1 Å². The number of halogens is 1. The van der Waals surface area contributed by atoms with Crippen LogP contribution in [0.5, 0.6) is 0 Å². The number of nitrogens with one attached hydrogen (secondary N) is 1. The summed E-state index contributed by atoms with van der Waals surface area (Å²) in [6.07, 6.45) is 1.70. The Morgan fingerprint density at radius 3 is 2.25 bits per heavy atom. The summed E-state index contributed by atoms with van der Waals surface area (Å²) in [6.45, 7) is 8.22. The summed E-state index contributed by atoms with van der Waals surface area (Å²) in [4.78, 5) is 0.346. The number of hydrogen-bond acceptors (Lipinski definition) is 2. The lowest BCUT2D eigenvalue weighted by Crippen LogP contribution is -2.38. The average Bonchev–Trinajstić information content (AvgIpc) is 2.40. The molecule has 5 heteroatoms. The maximum absolute atomic E-state index is 12.4. The standard InChI is InChI=1S/C15H24ClNO2S/c1-5-15(6-2,10-16)11-17-20(18,19)14-8-7-12(3)9-13(14)4/h7-9,17H,5-6,10-11H2,1-4H3. The van der Waals surface area contributed by atoms with Gasteiger partial charge in [-0.1, -0.05) is 31.5 Å². The minimum Gasteiger partial charge on any atom is -0.211 e. The van der Waals surface area contributed by atoms with E-state index in [9.17, 15) is 8.42 Å². The molecule has 0 heterocycles. The Kier molecular flexibility index (Phi) is 6.05. The molecule has 0 atom stereocenters. The highest BCUT2D eigenvalue weighted by Crippen LogP contribution is 2.28. The van der Waals surface area contributed by atoms with E-state index in [1.807, 2.05) is 39.8 Å². The highest BCUT2D eigenvalue weighted by atomic mass is 35.5. The molecule has 1 aromatic rings. The molecular weight excluding hydrogens is 294 g/mol. The highest BCUT2D eigenvalue weighted by molar-refractivity contribution is 7.89. The molecule has 0 unspecified atom stereocenters. The van der Waals surface area contributed by atoms with Gasteiger partial charge in [0.05, 0.1) is 4.90 Å². The fraction of sp³-hybridized carbons (Fsp3) is 0.600. The number of benzene rings is 1. The smallest absolute Gasteiger partial charge is 0.211 e. The summed E-state index contributed by atoms with van der Waals surface area (Å²) < 4.78 is 27.5. The van der Waals surface area contributed by atoms with Crippen molar-refractivity contribution in [3.8, 4) is 0 Å². The van der Waals surface area contributed by atoms with Crippen LogP contribution in [0.1, 0.15) is 37.8 Å². The third-order valence-electron chi connectivity index (χ3n) is 4.04. The van der Waals surface area contributed by atoms with Crippen molar-refractivity contribution in [2.24, 2.45) is 5.41 Å². The summed E-state index contributed by atoms with van der Waals surface area (Å²) in [5.41, 5.74) is 1.65. The van der Waals surface area contributed by atoms with Gasteiger partial charge in [0.15, 0.2) is 0 Å². The van der Waals surface area contributed by atoms with E-state index in [0.717, 1.165) is 24.0 Å². The number of rotatable bonds is 7. The SMILES string of the molecule is CCC(CC)(CCl)CNS(=O)(=O)c1ccc(C)cc1C. The van der Waals surface area contributed by atoms with Crippen molar-refractivity contribution in [2.45, 2.75) is 45.4 Å². The van der Waals surface area contributed by atoms with Gasteiger partial charge in [0.2, 0.25) is 10.0 Å². The fourth-order valence-corrected chi connectivity index (χ4v) is 4.02. The van der Waals surface area contributed by atoms with Crippen LogP contribution in [0.2, 0.25) is 0 Å². The van der Waals surface area contributed by atoms with Crippen LogP contribution >= 0.6 is 11.6 Å². The Morgan fingerprint density at radius 1 is 1.20 bits per heavy atom. The average molecular weight is 318 g/mol. The van der Waals surface area contributed by atoms with Crippen molar-refractivity contribution in [1.82, 2.24) is 4.72 Å². The van der Waals surface area contributed by atoms with Crippen LogP contribution in [-0.4, -0.2) is 20.8 Å². The number of hydrogen-bond donors (Lipinski definition) is 1. The first-order valence-electron chi connectivity index (χ1n) is 6.93.